The normalized spacial score (nSPS) is 20.6. The number of anilines is 1. The lowest BCUT2D eigenvalue weighted by molar-refractivity contribution is 0.521. The number of hydrogen-bond donors (Lipinski definition) is 1. The maximum atomic E-state index is 5.94. The zero-order valence-electron chi connectivity index (χ0n) is 7.81. The molecular weight excluding hydrogens is 182 g/mol. The van der Waals surface area contributed by atoms with Gasteiger partial charge < -0.3 is 5.32 Å². The summed E-state index contributed by atoms with van der Waals surface area (Å²) in [5.74, 6) is 0.769. The summed E-state index contributed by atoms with van der Waals surface area (Å²) in [4.78, 5) is 0. The topological polar surface area (TPSA) is 12.0 Å². The quantitative estimate of drug-likeness (QED) is 0.725. The molecule has 1 N–H and O–H groups in total. The first-order chi connectivity index (χ1) is 6.29. The van der Waals surface area contributed by atoms with Crippen LogP contribution in [0.3, 0.4) is 0 Å². The van der Waals surface area contributed by atoms with Gasteiger partial charge in [0, 0.05) is 17.3 Å². The fourth-order valence-electron chi connectivity index (χ4n) is 1.83. The third-order valence-corrected chi connectivity index (χ3v) is 2.97. The Balaban J connectivity index is 2.27. The van der Waals surface area contributed by atoms with Crippen molar-refractivity contribution in [3.05, 3.63) is 28.8 Å². The lowest BCUT2D eigenvalue weighted by Gasteiger charge is -2.25. The second-order valence-electron chi connectivity index (χ2n) is 3.66. The SMILES string of the molecule is CCC1CNc2ccc(Cl)cc2C1. The average Bonchev–Trinajstić information content (AvgIpc) is 2.16. The molecule has 0 amide bonds. The maximum absolute atomic E-state index is 5.94. The molecule has 1 aliphatic rings. The molecule has 13 heavy (non-hydrogen) atoms. The molecule has 0 spiro atoms. The van der Waals surface area contributed by atoms with Gasteiger partial charge in [-0.15, -0.1) is 0 Å². The largest absolute Gasteiger partial charge is 0.385 e. The highest BCUT2D eigenvalue weighted by molar-refractivity contribution is 6.30. The van der Waals surface area contributed by atoms with Crippen LogP contribution in [0, 0.1) is 5.92 Å². The molecule has 0 fully saturated rings. The summed E-state index contributed by atoms with van der Waals surface area (Å²) in [6.07, 6.45) is 2.40. The summed E-state index contributed by atoms with van der Waals surface area (Å²) in [6, 6.07) is 6.09. The maximum Gasteiger partial charge on any atom is 0.0410 e. The summed E-state index contributed by atoms with van der Waals surface area (Å²) >= 11 is 5.94. The Bertz CT molecular complexity index is 309. The summed E-state index contributed by atoms with van der Waals surface area (Å²) in [5.41, 5.74) is 2.62. The van der Waals surface area contributed by atoms with Crippen molar-refractivity contribution in [1.29, 1.82) is 0 Å². The van der Waals surface area contributed by atoms with E-state index in [0.29, 0.717) is 0 Å². The fourth-order valence-corrected chi connectivity index (χ4v) is 2.02. The van der Waals surface area contributed by atoms with Gasteiger partial charge in [0.2, 0.25) is 0 Å². The Kier molecular flexibility index (Phi) is 2.45. The van der Waals surface area contributed by atoms with Crippen LogP contribution in [0.25, 0.3) is 0 Å². The fraction of sp³-hybridized carbons (Fsp3) is 0.455. The highest BCUT2D eigenvalue weighted by Gasteiger charge is 2.16. The van der Waals surface area contributed by atoms with Gasteiger partial charge in [-0.25, -0.2) is 0 Å². The third-order valence-electron chi connectivity index (χ3n) is 2.73. The van der Waals surface area contributed by atoms with E-state index < -0.39 is 0 Å². The molecule has 1 aromatic rings. The van der Waals surface area contributed by atoms with E-state index in [-0.39, 0.29) is 0 Å². The predicted molar refractivity (Wildman–Crippen MR) is 57.4 cm³/mol. The molecule has 1 nitrogen and oxygen atoms in total. The molecule has 2 heteroatoms. The predicted octanol–water partition coefficient (Wildman–Crippen LogP) is 3.33. The smallest absolute Gasteiger partial charge is 0.0410 e. The minimum absolute atomic E-state index is 0.769. The molecule has 1 aromatic carbocycles. The molecule has 1 aliphatic heterocycles. The monoisotopic (exact) mass is 195 g/mol. The minimum atomic E-state index is 0.769. The highest BCUT2D eigenvalue weighted by atomic mass is 35.5. The summed E-state index contributed by atoms with van der Waals surface area (Å²) in [6.45, 7) is 3.34. The summed E-state index contributed by atoms with van der Waals surface area (Å²) < 4.78 is 0. The van der Waals surface area contributed by atoms with Gasteiger partial charge in [-0.1, -0.05) is 24.9 Å². The van der Waals surface area contributed by atoms with E-state index in [0.717, 1.165) is 17.5 Å². The zero-order valence-corrected chi connectivity index (χ0v) is 8.56. The summed E-state index contributed by atoms with van der Waals surface area (Å²) in [7, 11) is 0. The van der Waals surface area contributed by atoms with E-state index in [1.54, 1.807) is 0 Å². The van der Waals surface area contributed by atoms with E-state index in [2.05, 4.69) is 24.4 Å². The van der Waals surface area contributed by atoms with E-state index in [4.69, 9.17) is 11.6 Å². The Morgan fingerprint density at radius 3 is 3.15 bits per heavy atom. The van der Waals surface area contributed by atoms with Crippen molar-refractivity contribution < 1.29 is 0 Å². The number of rotatable bonds is 1. The van der Waals surface area contributed by atoms with Gasteiger partial charge in [-0.05, 0) is 36.1 Å². The molecule has 0 aromatic heterocycles. The first kappa shape index (κ1) is 8.89. The van der Waals surface area contributed by atoms with Crippen LogP contribution in [0.5, 0.6) is 0 Å². The zero-order chi connectivity index (χ0) is 9.26. The van der Waals surface area contributed by atoms with E-state index >= 15 is 0 Å². The molecule has 0 bridgehead atoms. The van der Waals surface area contributed by atoms with Gasteiger partial charge in [-0.2, -0.15) is 0 Å². The van der Waals surface area contributed by atoms with Crippen LogP contribution in [0.1, 0.15) is 18.9 Å². The summed E-state index contributed by atoms with van der Waals surface area (Å²) in [5, 5.41) is 4.28. The van der Waals surface area contributed by atoms with Gasteiger partial charge in [0.05, 0.1) is 0 Å². The number of nitrogens with one attached hydrogen (secondary N) is 1. The lowest BCUT2D eigenvalue weighted by Crippen LogP contribution is -2.22. The van der Waals surface area contributed by atoms with Crippen molar-refractivity contribution in [2.75, 3.05) is 11.9 Å². The van der Waals surface area contributed by atoms with Gasteiger partial charge >= 0.3 is 0 Å². The van der Waals surface area contributed by atoms with Gasteiger partial charge in [0.15, 0.2) is 0 Å². The Labute approximate surface area is 84.1 Å². The Hall–Kier alpha value is -0.690. The molecule has 1 atom stereocenters. The molecule has 1 heterocycles. The third kappa shape index (κ3) is 1.80. The van der Waals surface area contributed by atoms with Crippen LogP contribution in [0.4, 0.5) is 5.69 Å². The van der Waals surface area contributed by atoms with Gasteiger partial charge in [-0.3, -0.25) is 0 Å². The lowest BCUT2D eigenvalue weighted by atomic mass is 9.92. The van der Waals surface area contributed by atoms with Crippen LogP contribution in [-0.4, -0.2) is 6.54 Å². The van der Waals surface area contributed by atoms with Crippen molar-refractivity contribution in [2.24, 2.45) is 5.92 Å². The number of benzene rings is 1. The first-order valence-electron chi connectivity index (χ1n) is 4.82. The van der Waals surface area contributed by atoms with E-state index in [9.17, 15) is 0 Å². The second-order valence-corrected chi connectivity index (χ2v) is 4.10. The van der Waals surface area contributed by atoms with E-state index in [1.165, 1.54) is 24.1 Å². The van der Waals surface area contributed by atoms with Gasteiger partial charge in [0.25, 0.3) is 0 Å². The van der Waals surface area contributed by atoms with Crippen LogP contribution < -0.4 is 5.32 Å². The first-order valence-corrected chi connectivity index (χ1v) is 5.19. The van der Waals surface area contributed by atoms with Crippen molar-refractivity contribution in [3.63, 3.8) is 0 Å². The number of halogens is 1. The Morgan fingerprint density at radius 2 is 2.38 bits per heavy atom. The molecular formula is C11H14ClN. The second kappa shape index (κ2) is 3.59. The molecule has 2 rings (SSSR count). The van der Waals surface area contributed by atoms with Crippen LogP contribution >= 0.6 is 11.6 Å². The van der Waals surface area contributed by atoms with Crippen molar-refractivity contribution in [2.45, 2.75) is 19.8 Å². The minimum Gasteiger partial charge on any atom is -0.385 e. The van der Waals surface area contributed by atoms with Crippen LogP contribution in [-0.2, 0) is 6.42 Å². The Morgan fingerprint density at radius 1 is 1.54 bits per heavy atom. The standard InChI is InChI=1S/C11H14ClN/c1-2-8-5-9-6-10(12)3-4-11(9)13-7-8/h3-4,6,8,13H,2,5,7H2,1H3. The van der Waals surface area contributed by atoms with Gasteiger partial charge in [0.1, 0.15) is 0 Å². The van der Waals surface area contributed by atoms with Crippen LogP contribution in [0.2, 0.25) is 5.02 Å². The van der Waals surface area contributed by atoms with Crippen molar-refractivity contribution in [1.82, 2.24) is 0 Å². The van der Waals surface area contributed by atoms with Crippen molar-refractivity contribution in [3.8, 4) is 0 Å². The molecule has 70 valence electrons. The van der Waals surface area contributed by atoms with E-state index in [1.807, 2.05) is 6.07 Å². The number of hydrogen-bond acceptors (Lipinski definition) is 1. The molecule has 0 saturated heterocycles. The van der Waals surface area contributed by atoms with Crippen LogP contribution in [0.15, 0.2) is 18.2 Å². The molecule has 0 aliphatic carbocycles. The van der Waals surface area contributed by atoms with Crippen molar-refractivity contribution >= 4 is 17.3 Å². The molecule has 1 unspecified atom stereocenters. The molecule has 0 radical (unpaired) electrons. The highest BCUT2D eigenvalue weighted by Crippen LogP contribution is 2.28. The number of fused-ring (bicyclic) bond motifs is 1. The molecule has 0 saturated carbocycles. The average molecular weight is 196 g/mol.